The van der Waals surface area contributed by atoms with Crippen LogP contribution in [-0.4, -0.2) is 46.8 Å². The molecule has 0 aliphatic carbocycles. The molecule has 0 bridgehead atoms. The van der Waals surface area contributed by atoms with Gasteiger partial charge in [-0.3, -0.25) is 4.79 Å². The van der Waals surface area contributed by atoms with Gasteiger partial charge in [0, 0.05) is 25.0 Å². The fourth-order valence-electron chi connectivity index (χ4n) is 4.49. The molecule has 0 aromatic carbocycles. The topological polar surface area (TPSA) is 121 Å². The molecule has 0 saturated carbocycles. The van der Waals surface area contributed by atoms with Gasteiger partial charge in [0.1, 0.15) is 41.4 Å². The van der Waals surface area contributed by atoms with Crippen molar-refractivity contribution in [3.05, 3.63) is 75.9 Å². The van der Waals surface area contributed by atoms with Gasteiger partial charge < -0.3 is 9.88 Å². The molecule has 1 aliphatic rings. The molecule has 5 aromatic rings. The van der Waals surface area contributed by atoms with Gasteiger partial charge in [-0.2, -0.15) is 10.4 Å². The van der Waals surface area contributed by atoms with Crippen LogP contribution in [0.25, 0.3) is 22.4 Å². The molecule has 34 heavy (non-hydrogen) atoms. The van der Waals surface area contributed by atoms with Gasteiger partial charge in [0.2, 0.25) is 0 Å². The van der Waals surface area contributed by atoms with Gasteiger partial charge >= 0.3 is 0 Å². The molecular formula is C22H15ClFN9O. The summed E-state index contributed by atoms with van der Waals surface area (Å²) in [5, 5.41) is 15.0. The molecule has 2 unspecified atom stereocenters. The number of hydrogen-bond donors (Lipinski definition) is 1. The van der Waals surface area contributed by atoms with Crippen molar-refractivity contribution in [1.29, 1.82) is 5.26 Å². The van der Waals surface area contributed by atoms with E-state index in [-0.39, 0.29) is 29.3 Å². The highest BCUT2D eigenvalue weighted by Gasteiger charge is 2.39. The second kappa shape index (κ2) is 7.64. The van der Waals surface area contributed by atoms with Crippen molar-refractivity contribution < 1.29 is 4.39 Å². The summed E-state index contributed by atoms with van der Waals surface area (Å²) in [5.74, 6) is 1.01. The Labute approximate surface area is 195 Å². The van der Waals surface area contributed by atoms with Crippen molar-refractivity contribution in [2.24, 2.45) is 0 Å². The van der Waals surface area contributed by atoms with Gasteiger partial charge in [0.05, 0.1) is 28.6 Å². The summed E-state index contributed by atoms with van der Waals surface area (Å²) < 4.78 is 17.7. The van der Waals surface area contributed by atoms with Crippen molar-refractivity contribution in [1.82, 2.24) is 34.1 Å². The number of halogens is 2. The van der Waals surface area contributed by atoms with E-state index in [2.05, 4.69) is 31.1 Å². The number of anilines is 1. The Morgan fingerprint density at radius 3 is 2.91 bits per heavy atom. The Morgan fingerprint density at radius 2 is 2.12 bits per heavy atom. The molecule has 6 heterocycles. The van der Waals surface area contributed by atoms with Crippen molar-refractivity contribution in [2.75, 3.05) is 11.4 Å². The zero-order valence-corrected chi connectivity index (χ0v) is 18.2. The molecule has 2 atom stereocenters. The zero-order valence-electron chi connectivity index (χ0n) is 17.4. The van der Waals surface area contributed by atoms with Crippen LogP contribution in [0.1, 0.15) is 23.9 Å². The van der Waals surface area contributed by atoms with Crippen LogP contribution in [0.2, 0.25) is 5.02 Å². The molecule has 0 radical (unpaired) electrons. The number of alkyl halides is 1. The van der Waals surface area contributed by atoms with E-state index in [1.165, 1.54) is 21.6 Å². The van der Waals surface area contributed by atoms with E-state index in [0.717, 1.165) is 0 Å². The number of nitriles is 1. The molecule has 1 N–H and O–H groups in total. The average molecular weight is 476 g/mol. The average Bonchev–Trinajstić information content (AvgIpc) is 3.55. The van der Waals surface area contributed by atoms with Gasteiger partial charge in [-0.05, 0) is 18.2 Å². The van der Waals surface area contributed by atoms with E-state index >= 15 is 0 Å². The lowest BCUT2D eigenvalue weighted by atomic mass is 10.1. The molecule has 168 valence electrons. The third-order valence-corrected chi connectivity index (χ3v) is 6.24. The summed E-state index contributed by atoms with van der Waals surface area (Å²) in [6.45, 7) is 0.00931. The summed E-state index contributed by atoms with van der Waals surface area (Å²) in [5.41, 5.74) is 0.576. The van der Waals surface area contributed by atoms with Crippen LogP contribution in [0.15, 0.2) is 54.0 Å². The SMILES string of the molecule is N#Cc1c[nH]c2ncnc(N3CC(F)CC3c3nn4ccc(Cl)c4c(=O)n3-c3ccccn3)c12. The maximum absolute atomic E-state index is 14.9. The summed E-state index contributed by atoms with van der Waals surface area (Å²) in [7, 11) is 0. The van der Waals surface area contributed by atoms with Crippen molar-refractivity contribution >= 4 is 34.0 Å². The lowest BCUT2D eigenvalue weighted by Crippen LogP contribution is -2.33. The second-order valence-corrected chi connectivity index (χ2v) is 8.29. The summed E-state index contributed by atoms with van der Waals surface area (Å²) in [6.07, 6.45) is 4.89. The first-order valence-electron chi connectivity index (χ1n) is 10.4. The lowest BCUT2D eigenvalue weighted by Gasteiger charge is -2.27. The minimum absolute atomic E-state index is 0.00931. The van der Waals surface area contributed by atoms with E-state index in [4.69, 9.17) is 11.6 Å². The lowest BCUT2D eigenvalue weighted by molar-refractivity contribution is 0.354. The maximum Gasteiger partial charge on any atom is 0.285 e. The minimum Gasteiger partial charge on any atom is -0.345 e. The Morgan fingerprint density at radius 1 is 1.24 bits per heavy atom. The quantitative estimate of drug-likeness (QED) is 0.425. The first-order valence-corrected chi connectivity index (χ1v) is 10.8. The van der Waals surface area contributed by atoms with Crippen LogP contribution in [0.5, 0.6) is 0 Å². The van der Waals surface area contributed by atoms with Crippen molar-refractivity contribution in [3.63, 3.8) is 0 Å². The normalized spacial score (nSPS) is 18.1. The number of nitrogens with zero attached hydrogens (tertiary/aromatic N) is 8. The van der Waals surface area contributed by atoms with E-state index in [1.807, 2.05) is 0 Å². The predicted molar refractivity (Wildman–Crippen MR) is 122 cm³/mol. The molecule has 6 rings (SSSR count). The fourth-order valence-corrected chi connectivity index (χ4v) is 4.71. The number of aromatic nitrogens is 7. The number of H-pyrrole nitrogens is 1. The maximum atomic E-state index is 14.9. The standard InChI is InChI=1S/C22H15ClFN9O/c23-14-4-6-32-18(14)22(34)33(16-3-1-2-5-26-16)20(30-32)15-7-13(24)10-31(15)21-17-12(8-25)9-27-19(17)28-11-29-21/h1-6,9,11,13,15H,7,10H2,(H,27,28,29). The van der Waals surface area contributed by atoms with Crippen LogP contribution >= 0.6 is 11.6 Å². The molecule has 10 nitrogen and oxygen atoms in total. The zero-order chi connectivity index (χ0) is 23.4. The minimum atomic E-state index is -1.21. The first kappa shape index (κ1) is 20.3. The van der Waals surface area contributed by atoms with Crippen molar-refractivity contribution in [2.45, 2.75) is 18.6 Å². The first-order chi connectivity index (χ1) is 16.6. The predicted octanol–water partition coefficient (Wildman–Crippen LogP) is 2.97. The van der Waals surface area contributed by atoms with E-state index in [1.54, 1.807) is 41.6 Å². The van der Waals surface area contributed by atoms with E-state index in [9.17, 15) is 14.4 Å². The smallest absolute Gasteiger partial charge is 0.285 e. The van der Waals surface area contributed by atoms with Crippen LogP contribution in [0, 0.1) is 11.3 Å². The molecule has 0 amide bonds. The number of fused-ring (bicyclic) bond motifs is 2. The highest BCUT2D eigenvalue weighted by Crippen LogP contribution is 2.39. The van der Waals surface area contributed by atoms with Gasteiger partial charge in [-0.25, -0.2) is 28.4 Å². The van der Waals surface area contributed by atoms with Gasteiger partial charge in [0.15, 0.2) is 5.82 Å². The third-order valence-electron chi connectivity index (χ3n) is 5.93. The molecule has 12 heteroatoms. The van der Waals surface area contributed by atoms with Crippen LogP contribution in [0.3, 0.4) is 0 Å². The molecule has 1 fully saturated rings. The van der Waals surface area contributed by atoms with E-state index < -0.39 is 17.8 Å². The Kier molecular flexibility index (Phi) is 4.56. The van der Waals surface area contributed by atoms with E-state index in [0.29, 0.717) is 28.2 Å². The monoisotopic (exact) mass is 475 g/mol. The number of rotatable bonds is 3. The molecule has 5 aromatic heterocycles. The molecule has 1 aliphatic heterocycles. The Hall–Kier alpha value is -4.30. The Bertz CT molecular complexity index is 1650. The molecule has 1 saturated heterocycles. The Balaban J connectivity index is 1.62. The highest BCUT2D eigenvalue weighted by molar-refractivity contribution is 6.33. The molecular weight excluding hydrogens is 461 g/mol. The van der Waals surface area contributed by atoms with Crippen LogP contribution < -0.4 is 10.5 Å². The third kappa shape index (κ3) is 2.96. The van der Waals surface area contributed by atoms with Crippen LogP contribution in [-0.2, 0) is 0 Å². The van der Waals surface area contributed by atoms with Gasteiger partial charge in [-0.1, -0.05) is 17.7 Å². The molecule has 0 spiro atoms. The fraction of sp³-hybridized carbons (Fsp3) is 0.182. The second-order valence-electron chi connectivity index (χ2n) is 7.88. The summed E-state index contributed by atoms with van der Waals surface area (Å²) in [4.78, 5) is 31.2. The van der Waals surface area contributed by atoms with Crippen molar-refractivity contribution in [3.8, 4) is 11.9 Å². The number of pyridine rings is 1. The summed E-state index contributed by atoms with van der Waals surface area (Å²) >= 11 is 6.27. The van der Waals surface area contributed by atoms with Gasteiger partial charge in [0.25, 0.3) is 5.56 Å². The number of hydrogen-bond acceptors (Lipinski definition) is 7. The number of nitrogens with one attached hydrogen (secondary N) is 1. The highest BCUT2D eigenvalue weighted by atomic mass is 35.5. The van der Waals surface area contributed by atoms with Gasteiger partial charge in [-0.15, -0.1) is 0 Å². The summed E-state index contributed by atoms with van der Waals surface area (Å²) in [6, 6.07) is 8.19. The number of aromatic amines is 1. The van der Waals surface area contributed by atoms with Crippen LogP contribution in [0.4, 0.5) is 10.2 Å². The largest absolute Gasteiger partial charge is 0.345 e.